The van der Waals surface area contributed by atoms with Gasteiger partial charge < -0.3 is 5.11 Å². The van der Waals surface area contributed by atoms with Crippen LogP contribution in [0.25, 0.3) is 0 Å². The van der Waals surface area contributed by atoms with Crippen LogP contribution in [0.3, 0.4) is 0 Å². The SMILES string of the molecule is CCCN(CCc1ccccc1)[C@H]1CCc2c(O)cccc2C1.Cl. The topological polar surface area (TPSA) is 23.5 Å². The molecule has 0 saturated heterocycles. The van der Waals surface area contributed by atoms with Gasteiger partial charge in [0.1, 0.15) is 5.75 Å². The maximum absolute atomic E-state index is 10.0. The standard InChI is InChI=1S/C21H27NO.ClH/c1-2-14-22(15-13-17-7-4-3-5-8-17)19-11-12-20-18(16-19)9-6-10-21(20)23;/h3-10,19,23H,2,11-16H2,1H3;1H/t19-;/m0./s1. The summed E-state index contributed by atoms with van der Waals surface area (Å²) in [6, 6.07) is 17.4. The van der Waals surface area contributed by atoms with Gasteiger partial charge in [0, 0.05) is 12.6 Å². The molecule has 1 atom stereocenters. The highest BCUT2D eigenvalue weighted by atomic mass is 35.5. The van der Waals surface area contributed by atoms with Crippen molar-refractivity contribution in [2.24, 2.45) is 0 Å². The molecular weight excluding hydrogens is 318 g/mol. The molecule has 2 nitrogen and oxygen atoms in total. The number of phenols is 1. The summed E-state index contributed by atoms with van der Waals surface area (Å²) in [7, 11) is 0. The van der Waals surface area contributed by atoms with Crippen molar-refractivity contribution < 1.29 is 5.11 Å². The molecule has 3 heteroatoms. The average Bonchev–Trinajstić information content (AvgIpc) is 2.59. The van der Waals surface area contributed by atoms with Gasteiger partial charge in [-0.3, -0.25) is 4.90 Å². The number of phenolic OH excluding ortho intramolecular Hbond substituents is 1. The Hall–Kier alpha value is -1.51. The van der Waals surface area contributed by atoms with E-state index in [1.807, 2.05) is 12.1 Å². The Morgan fingerprint density at radius 2 is 1.83 bits per heavy atom. The Bertz CT molecular complexity index is 629. The van der Waals surface area contributed by atoms with Crippen molar-refractivity contribution in [3.8, 4) is 5.75 Å². The number of halogens is 1. The molecule has 2 aromatic rings. The summed E-state index contributed by atoms with van der Waals surface area (Å²) in [6.07, 6.45) is 5.53. The number of benzene rings is 2. The second-order valence-electron chi connectivity index (χ2n) is 6.58. The van der Waals surface area contributed by atoms with Gasteiger partial charge in [-0.2, -0.15) is 0 Å². The summed E-state index contributed by atoms with van der Waals surface area (Å²) in [5.74, 6) is 0.479. The third-order valence-corrected chi connectivity index (χ3v) is 4.99. The smallest absolute Gasteiger partial charge is 0.119 e. The molecule has 3 rings (SSSR count). The summed E-state index contributed by atoms with van der Waals surface area (Å²) in [5, 5.41) is 10.0. The van der Waals surface area contributed by atoms with Gasteiger partial charge in [0.2, 0.25) is 0 Å². The van der Waals surface area contributed by atoms with Crippen LogP contribution in [0.1, 0.15) is 36.5 Å². The molecule has 0 aromatic heterocycles. The van der Waals surface area contributed by atoms with E-state index in [0.717, 1.165) is 38.8 Å². The first-order valence-corrected chi connectivity index (χ1v) is 8.85. The van der Waals surface area contributed by atoms with Crippen LogP contribution in [0.4, 0.5) is 0 Å². The predicted octanol–water partition coefficient (Wildman–Crippen LogP) is 4.63. The quantitative estimate of drug-likeness (QED) is 0.825. The zero-order chi connectivity index (χ0) is 16.1. The second-order valence-corrected chi connectivity index (χ2v) is 6.58. The Labute approximate surface area is 151 Å². The van der Waals surface area contributed by atoms with Gasteiger partial charge in [0.25, 0.3) is 0 Å². The van der Waals surface area contributed by atoms with E-state index in [9.17, 15) is 5.11 Å². The van der Waals surface area contributed by atoms with Gasteiger partial charge in [-0.1, -0.05) is 49.4 Å². The van der Waals surface area contributed by atoms with Crippen LogP contribution in [-0.2, 0) is 19.3 Å². The molecule has 0 heterocycles. The summed E-state index contributed by atoms with van der Waals surface area (Å²) in [5.41, 5.74) is 3.92. The molecule has 2 aromatic carbocycles. The lowest BCUT2D eigenvalue weighted by molar-refractivity contribution is 0.181. The van der Waals surface area contributed by atoms with Crippen molar-refractivity contribution in [2.45, 2.75) is 45.1 Å². The largest absolute Gasteiger partial charge is 0.508 e. The van der Waals surface area contributed by atoms with Crippen LogP contribution >= 0.6 is 12.4 Å². The van der Waals surface area contributed by atoms with Crippen molar-refractivity contribution in [1.29, 1.82) is 0 Å². The molecule has 1 N–H and O–H groups in total. The maximum Gasteiger partial charge on any atom is 0.119 e. The molecule has 0 spiro atoms. The average molecular weight is 346 g/mol. The highest BCUT2D eigenvalue weighted by Crippen LogP contribution is 2.30. The fourth-order valence-corrected chi connectivity index (χ4v) is 3.76. The summed E-state index contributed by atoms with van der Waals surface area (Å²) in [4.78, 5) is 2.65. The molecule has 0 unspecified atom stereocenters. The van der Waals surface area contributed by atoms with E-state index in [-0.39, 0.29) is 12.4 Å². The maximum atomic E-state index is 10.0. The van der Waals surface area contributed by atoms with Crippen molar-refractivity contribution in [3.63, 3.8) is 0 Å². The van der Waals surface area contributed by atoms with Gasteiger partial charge in [0.15, 0.2) is 0 Å². The summed E-state index contributed by atoms with van der Waals surface area (Å²) < 4.78 is 0. The van der Waals surface area contributed by atoms with E-state index >= 15 is 0 Å². The second kappa shape index (κ2) is 9.10. The zero-order valence-corrected chi connectivity index (χ0v) is 15.3. The van der Waals surface area contributed by atoms with Crippen molar-refractivity contribution >= 4 is 12.4 Å². The Kier molecular flexibility index (Phi) is 7.14. The number of nitrogens with zero attached hydrogens (tertiary/aromatic N) is 1. The minimum absolute atomic E-state index is 0. The van der Waals surface area contributed by atoms with Crippen LogP contribution in [0.2, 0.25) is 0 Å². The fourth-order valence-electron chi connectivity index (χ4n) is 3.76. The van der Waals surface area contributed by atoms with Crippen molar-refractivity contribution in [1.82, 2.24) is 4.90 Å². The molecule has 1 aliphatic rings. The highest BCUT2D eigenvalue weighted by Gasteiger charge is 2.25. The van der Waals surface area contributed by atoms with Gasteiger partial charge in [-0.25, -0.2) is 0 Å². The number of fused-ring (bicyclic) bond motifs is 1. The minimum atomic E-state index is 0. The van der Waals surface area contributed by atoms with E-state index in [2.05, 4.69) is 48.2 Å². The van der Waals surface area contributed by atoms with Crippen LogP contribution in [-0.4, -0.2) is 29.1 Å². The van der Waals surface area contributed by atoms with Crippen molar-refractivity contribution in [3.05, 3.63) is 65.2 Å². The zero-order valence-electron chi connectivity index (χ0n) is 14.4. The summed E-state index contributed by atoms with van der Waals surface area (Å²) in [6.45, 7) is 4.54. The molecule has 0 saturated carbocycles. The predicted molar refractivity (Wildman–Crippen MR) is 103 cm³/mol. The first-order valence-electron chi connectivity index (χ1n) is 8.85. The van der Waals surface area contributed by atoms with E-state index in [1.165, 1.54) is 23.1 Å². The molecule has 130 valence electrons. The molecule has 0 radical (unpaired) electrons. The van der Waals surface area contributed by atoms with Crippen LogP contribution < -0.4 is 0 Å². The molecule has 0 amide bonds. The molecule has 0 aliphatic heterocycles. The number of hydrogen-bond donors (Lipinski definition) is 1. The highest BCUT2D eigenvalue weighted by molar-refractivity contribution is 5.85. The monoisotopic (exact) mass is 345 g/mol. The first-order chi connectivity index (χ1) is 11.3. The van der Waals surface area contributed by atoms with Crippen LogP contribution in [0.5, 0.6) is 5.75 Å². The van der Waals surface area contributed by atoms with Crippen molar-refractivity contribution in [2.75, 3.05) is 13.1 Å². The van der Waals surface area contributed by atoms with Gasteiger partial charge in [0.05, 0.1) is 0 Å². The third-order valence-electron chi connectivity index (χ3n) is 4.99. The normalized spacial score (nSPS) is 16.5. The lowest BCUT2D eigenvalue weighted by atomic mass is 9.86. The fraction of sp³-hybridized carbons (Fsp3) is 0.429. The Morgan fingerprint density at radius 3 is 2.58 bits per heavy atom. The third kappa shape index (κ3) is 4.52. The van der Waals surface area contributed by atoms with Gasteiger partial charge in [-0.05, 0) is 61.4 Å². The lowest BCUT2D eigenvalue weighted by Gasteiger charge is -2.35. The number of aromatic hydroxyl groups is 1. The molecule has 0 bridgehead atoms. The van der Waals surface area contributed by atoms with E-state index in [0.29, 0.717) is 11.8 Å². The Morgan fingerprint density at radius 1 is 1.04 bits per heavy atom. The number of rotatable bonds is 6. The molecule has 0 fully saturated rings. The molecule has 1 aliphatic carbocycles. The van der Waals surface area contributed by atoms with Crippen LogP contribution in [0, 0.1) is 0 Å². The lowest BCUT2D eigenvalue weighted by Crippen LogP contribution is -2.41. The van der Waals surface area contributed by atoms with E-state index in [4.69, 9.17) is 0 Å². The van der Waals surface area contributed by atoms with E-state index < -0.39 is 0 Å². The molecular formula is C21H28ClNO. The summed E-state index contributed by atoms with van der Waals surface area (Å²) >= 11 is 0. The Balaban J connectivity index is 0.00000208. The van der Waals surface area contributed by atoms with Gasteiger partial charge in [-0.15, -0.1) is 12.4 Å². The van der Waals surface area contributed by atoms with E-state index in [1.54, 1.807) is 0 Å². The minimum Gasteiger partial charge on any atom is -0.508 e. The number of hydrogen-bond acceptors (Lipinski definition) is 2. The first kappa shape index (κ1) is 18.8. The van der Waals surface area contributed by atoms with Gasteiger partial charge >= 0.3 is 0 Å². The molecule has 24 heavy (non-hydrogen) atoms. The van der Waals surface area contributed by atoms with Crippen LogP contribution in [0.15, 0.2) is 48.5 Å².